The molecule has 0 saturated heterocycles. The number of hydrogen-bond donors (Lipinski definition) is 1. The molecule has 0 amide bonds. The van der Waals surface area contributed by atoms with Gasteiger partial charge in [0.2, 0.25) is 0 Å². The largest absolute Gasteiger partial charge is 0.314 e. The van der Waals surface area contributed by atoms with E-state index < -0.39 is 0 Å². The second-order valence-electron chi connectivity index (χ2n) is 6.41. The van der Waals surface area contributed by atoms with E-state index in [1.807, 2.05) is 6.92 Å². The lowest BCUT2D eigenvalue weighted by Gasteiger charge is -2.28. The van der Waals surface area contributed by atoms with E-state index in [-0.39, 0.29) is 0 Å². The number of nitrogens with one attached hydrogen (secondary N) is 1. The SMILES string of the molecule is Cc1c(C)c(C)n(C[NH+]2CCc3ccccc3C2)c(=S)c1C#N. The molecular weight excluding hydrogens is 302 g/mol. The van der Waals surface area contributed by atoms with E-state index in [0.717, 1.165) is 31.7 Å². The maximum absolute atomic E-state index is 9.44. The lowest BCUT2D eigenvalue weighted by atomic mass is 10.0. The van der Waals surface area contributed by atoms with Crippen molar-refractivity contribution >= 4 is 12.2 Å². The number of quaternary nitrogens is 1. The van der Waals surface area contributed by atoms with Gasteiger partial charge in [-0.25, -0.2) is 0 Å². The Kier molecular flexibility index (Phi) is 4.34. The average molecular weight is 324 g/mol. The van der Waals surface area contributed by atoms with Crippen molar-refractivity contribution in [2.75, 3.05) is 6.54 Å². The molecule has 1 N–H and O–H groups in total. The fourth-order valence-electron chi connectivity index (χ4n) is 3.43. The van der Waals surface area contributed by atoms with Gasteiger partial charge in [0.1, 0.15) is 17.3 Å². The summed E-state index contributed by atoms with van der Waals surface area (Å²) in [6.07, 6.45) is 1.10. The van der Waals surface area contributed by atoms with Crippen molar-refractivity contribution in [2.45, 2.75) is 40.4 Å². The summed E-state index contributed by atoms with van der Waals surface area (Å²) in [4.78, 5) is 1.50. The highest BCUT2D eigenvalue weighted by atomic mass is 32.1. The summed E-state index contributed by atoms with van der Waals surface area (Å²) in [5.74, 6) is 0. The minimum absolute atomic E-state index is 0.653. The van der Waals surface area contributed by atoms with Crippen molar-refractivity contribution < 1.29 is 4.90 Å². The molecule has 1 aromatic heterocycles. The van der Waals surface area contributed by atoms with E-state index >= 15 is 0 Å². The number of aromatic nitrogens is 1. The first-order valence-corrected chi connectivity index (χ1v) is 8.44. The number of pyridine rings is 1. The molecule has 0 radical (unpaired) electrons. The zero-order chi connectivity index (χ0) is 16.6. The number of hydrogen-bond acceptors (Lipinski definition) is 2. The first-order chi connectivity index (χ1) is 11.0. The number of fused-ring (bicyclic) bond motifs is 1. The van der Waals surface area contributed by atoms with Gasteiger partial charge in [-0.1, -0.05) is 36.5 Å². The molecule has 23 heavy (non-hydrogen) atoms. The molecule has 1 aliphatic heterocycles. The Labute approximate surface area is 142 Å². The Bertz CT molecular complexity index is 858. The Morgan fingerprint density at radius 3 is 2.57 bits per heavy atom. The number of benzene rings is 1. The summed E-state index contributed by atoms with van der Waals surface area (Å²) >= 11 is 5.60. The van der Waals surface area contributed by atoms with E-state index in [2.05, 4.69) is 48.7 Å². The summed E-state index contributed by atoms with van der Waals surface area (Å²) < 4.78 is 2.83. The molecule has 0 bridgehead atoms. The van der Waals surface area contributed by atoms with Gasteiger partial charge in [0.05, 0.1) is 12.1 Å². The first-order valence-electron chi connectivity index (χ1n) is 8.04. The predicted molar refractivity (Wildman–Crippen MR) is 93.9 cm³/mol. The lowest BCUT2D eigenvalue weighted by molar-refractivity contribution is -0.938. The Morgan fingerprint density at radius 2 is 1.87 bits per heavy atom. The van der Waals surface area contributed by atoms with Crippen LogP contribution in [0.1, 0.15) is 33.5 Å². The predicted octanol–water partition coefficient (Wildman–Crippen LogP) is 2.61. The van der Waals surface area contributed by atoms with Crippen LogP contribution in [0.3, 0.4) is 0 Å². The fourth-order valence-corrected chi connectivity index (χ4v) is 3.83. The highest BCUT2D eigenvalue weighted by Crippen LogP contribution is 2.18. The van der Waals surface area contributed by atoms with Gasteiger partial charge in [0.25, 0.3) is 0 Å². The topological polar surface area (TPSA) is 33.2 Å². The van der Waals surface area contributed by atoms with Crippen LogP contribution in [0.5, 0.6) is 0 Å². The molecular formula is C19H22N3S+. The van der Waals surface area contributed by atoms with Crippen LogP contribution in [-0.4, -0.2) is 11.1 Å². The normalized spacial score (nSPS) is 16.7. The molecule has 2 heterocycles. The third kappa shape index (κ3) is 2.83. The molecule has 0 spiro atoms. The van der Waals surface area contributed by atoms with Crippen molar-refractivity contribution in [3.05, 3.63) is 62.4 Å². The van der Waals surface area contributed by atoms with Crippen LogP contribution in [0.25, 0.3) is 0 Å². The maximum Gasteiger partial charge on any atom is 0.158 e. The summed E-state index contributed by atoms with van der Waals surface area (Å²) in [7, 11) is 0. The van der Waals surface area contributed by atoms with E-state index in [0.29, 0.717) is 10.2 Å². The van der Waals surface area contributed by atoms with Crippen LogP contribution in [0, 0.1) is 36.7 Å². The monoisotopic (exact) mass is 324 g/mol. The van der Waals surface area contributed by atoms with E-state index in [9.17, 15) is 5.26 Å². The molecule has 4 heteroatoms. The molecule has 118 valence electrons. The molecule has 0 aliphatic carbocycles. The lowest BCUT2D eigenvalue weighted by Crippen LogP contribution is -3.11. The van der Waals surface area contributed by atoms with Gasteiger partial charge in [-0.2, -0.15) is 5.26 Å². The molecule has 3 nitrogen and oxygen atoms in total. The summed E-state index contributed by atoms with van der Waals surface area (Å²) in [6, 6.07) is 11.0. The Balaban J connectivity index is 1.95. The third-order valence-electron chi connectivity index (χ3n) is 5.14. The van der Waals surface area contributed by atoms with Crippen molar-refractivity contribution in [1.29, 1.82) is 5.26 Å². The summed E-state index contributed by atoms with van der Waals surface area (Å²) in [5.41, 5.74) is 6.92. The standard InChI is InChI=1S/C19H21N3S/c1-13-14(2)18(10-20)19(23)22(15(13)3)12-21-9-8-16-6-4-5-7-17(16)11-21/h4-7H,8-9,11-12H2,1-3H3/p+1. The molecule has 1 unspecified atom stereocenters. The van der Waals surface area contributed by atoms with Crippen LogP contribution in [0.2, 0.25) is 0 Å². The highest BCUT2D eigenvalue weighted by molar-refractivity contribution is 7.71. The smallest absolute Gasteiger partial charge is 0.158 e. The van der Waals surface area contributed by atoms with Gasteiger partial charge in [0.15, 0.2) is 6.67 Å². The van der Waals surface area contributed by atoms with Crippen LogP contribution in [0.15, 0.2) is 24.3 Å². The van der Waals surface area contributed by atoms with Crippen molar-refractivity contribution in [2.24, 2.45) is 0 Å². The first kappa shape index (κ1) is 15.9. The Hall–Kier alpha value is -1.96. The zero-order valence-corrected chi connectivity index (χ0v) is 14.8. The van der Waals surface area contributed by atoms with E-state index in [4.69, 9.17) is 12.2 Å². The van der Waals surface area contributed by atoms with Crippen molar-refractivity contribution in [3.63, 3.8) is 0 Å². The van der Waals surface area contributed by atoms with Gasteiger partial charge < -0.3 is 4.90 Å². The van der Waals surface area contributed by atoms with E-state index in [1.54, 1.807) is 0 Å². The molecule has 1 aromatic carbocycles. The van der Waals surface area contributed by atoms with Crippen LogP contribution in [-0.2, 0) is 19.6 Å². The van der Waals surface area contributed by atoms with Gasteiger partial charge in [-0.3, -0.25) is 4.57 Å². The second kappa shape index (κ2) is 6.27. The molecule has 1 aliphatic rings. The van der Waals surface area contributed by atoms with Gasteiger partial charge in [-0.15, -0.1) is 0 Å². The third-order valence-corrected chi connectivity index (χ3v) is 5.57. The highest BCUT2D eigenvalue weighted by Gasteiger charge is 2.21. The maximum atomic E-state index is 9.44. The van der Waals surface area contributed by atoms with Crippen LogP contribution in [0.4, 0.5) is 0 Å². The molecule has 2 aromatic rings. The van der Waals surface area contributed by atoms with Crippen LogP contribution >= 0.6 is 12.2 Å². The van der Waals surface area contributed by atoms with Gasteiger partial charge >= 0.3 is 0 Å². The number of rotatable bonds is 2. The minimum Gasteiger partial charge on any atom is -0.314 e. The quantitative estimate of drug-likeness (QED) is 0.862. The number of nitrogens with zero attached hydrogens (tertiary/aromatic N) is 2. The summed E-state index contributed by atoms with van der Waals surface area (Å²) in [5, 5.41) is 9.44. The molecule has 0 fully saturated rings. The molecule has 0 saturated carbocycles. The molecule has 1 atom stereocenters. The summed E-state index contributed by atoms with van der Waals surface area (Å²) in [6.45, 7) is 9.13. The van der Waals surface area contributed by atoms with E-state index in [1.165, 1.54) is 27.3 Å². The fraction of sp³-hybridized carbons (Fsp3) is 0.368. The van der Waals surface area contributed by atoms with Crippen molar-refractivity contribution in [3.8, 4) is 6.07 Å². The second-order valence-corrected chi connectivity index (χ2v) is 6.80. The van der Waals surface area contributed by atoms with Gasteiger partial charge in [-0.05, 0) is 37.5 Å². The Morgan fingerprint density at radius 1 is 1.17 bits per heavy atom. The average Bonchev–Trinajstić information content (AvgIpc) is 2.57. The zero-order valence-electron chi connectivity index (χ0n) is 13.9. The minimum atomic E-state index is 0.653. The van der Waals surface area contributed by atoms with Crippen molar-refractivity contribution in [1.82, 2.24) is 4.57 Å². The number of nitriles is 1. The molecule has 3 rings (SSSR count). The van der Waals surface area contributed by atoms with Crippen LogP contribution < -0.4 is 4.90 Å². The van der Waals surface area contributed by atoms with Gasteiger partial charge in [0, 0.05) is 17.7 Å².